The highest BCUT2D eigenvalue weighted by molar-refractivity contribution is 7.89. The predicted octanol–water partition coefficient (Wildman–Crippen LogP) is 3.13. The van der Waals surface area contributed by atoms with Crippen molar-refractivity contribution >= 4 is 33.3 Å². The number of nitrogens with one attached hydrogen (secondary N) is 2. The maximum atomic E-state index is 14.4. The first-order valence-corrected chi connectivity index (χ1v) is 12.7. The number of likely N-dealkylation sites (tertiary alicyclic amines) is 1. The monoisotopic (exact) mass is 505 g/mol. The Morgan fingerprint density at radius 2 is 2.06 bits per heavy atom. The number of nitrogens with zero attached hydrogens (tertiary/aromatic N) is 3. The molecule has 1 saturated heterocycles. The lowest BCUT2D eigenvalue weighted by molar-refractivity contribution is 0.220. The van der Waals surface area contributed by atoms with Crippen LogP contribution < -0.4 is 14.8 Å². The molecule has 0 unspecified atom stereocenters. The number of aromatic nitrogens is 2. The predicted molar refractivity (Wildman–Crippen MR) is 126 cm³/mol. The Labute approximate surface area is 201 Å². The number of hydrogen-bond acceptors (Lipinski definition) is 7. The molecule has 1 fully saturated rings. The quantitative estimate of drug-likeness (QED) is 0.532. The largest absolute Gasteiger partial charge is 0.497 e. The van der Waals surface area contributed by atoms with E-state index in [1.807, 2.05) is 6.07 Å². The van der Waals surface area contributed by atoms with Crippen molar-refractivity contribution in [2.75, 3.05) is 32.6 Å². The molecule has 2 heterocycles. The molecule has 1 aliphatic rings. The van der Waals surface area contributed by atoms with Crippen molar-refractivity contribution in [1.82, 2.24) is 19.0 Å². The Morgan fingerprint density at radius 3 is 2.71 bits per heavy atom. The zero-order valence-corrected chi connectivity index (χ0v) is 20.5. The molecule has 4 rings (SSSR count). The van der Waals surface area contributed by atoms with Gasteiger partial charge in [0.15, 0.2) is 0 Å². The molecule has 34 heavy (non-hydrogen) atoms. The minimum absolute atomic E-state index is 0.0839. The van der Waals surface area contributed by atoms with Gasteiger partial charge >= 0.3 is 6.03 Å². The third kappa shape index (κ3) is 4.36. The molecule has 0 bridgehead atoms. The summed E-state index contributed by atoms with van der Waals surface area (Å²) in [7, 11) is -1.09. The fourth-order valence-corrected chi connectivity index (χ4v) is 5.68. The molecule has 2 amide bonds. The van der Waals surface area contributed by atoms with Gasteiger partial charge in [-0.15, -0.1) is 0 Å². The summed E-state index contributed by atoms with van der Waals surface area (Å²) in [4.78, 5) is 19.1. The van der Waals surface area contributed by atoms with E-state index in [1.165, 1.54) is 56.3 Å². The highest BCUT2D eigenvalue weighted by Crippen LogP contribution is 2.42. The van der Waals surface area contributed by atoms with Gasteiger partial charge in [0.25, 0.3) is 0 Å². The minimum Gasteiger partial charge on any atom is -0.497 e. The van der Waals surface area contributed by atoms with Gasteiger partial charge in [0.1, 0.15) is 27.8 Å². The van der Waals surface area contributed by atoms with Crippen LogP contribution in [0, 0.1) is 12.7 Å². The second kappa shape index (κ2) is 9.28. The average molecular weight is 506 g/mol. The van der Waals surface area contributed by atoms with E-state index in [0.29, 0.717) is 34.8 Å². The van der Waals surface area contributed by atoms with Crippen LogP contribution in [-0.2, 0) is 15.4 Å². The van der Waals surface area contributed by atoms with Crippen LogP contribution in [0.1, 0.15) is 22.6 Å². The van der Waals surface area contributed by atoms with E-state index in [0.717, 1.165) is 0 Å². The molecule has 9 nitrogen and oxygen atoms in total. The van der Waals surface area contributed by atoms with Gasteiger partial charge in [-0.2, -0.15) is 4.37 Å². The van der Waals surface area contributed by atoms with Gasteiger partial charge in [0, 0.05) is 19.2 Å². The molecule has 0 aliphatic carbocycles. The molecule has 1 aromatic heterocycles. The second-order valence-electron chi connectivity index (χ2n) is 7.96. The molecule has 2 N–H and O–H groups in total. The van der Waals surface area contributed by atoms with Crippen LogP contribution in [0.5, 0.6) is 5.75 Å². The van der Waals surface area contributed by atoms with Gasteiger partial charge in [0.2, 0.25) is 10.0 Å². The first kappa shape index (κ1) is 24.0. The van der Waals surface area contributed by atoms with E-state index in [1.54, 1.807) is 17.9 Å². The molecular weight excluding hydrogens is 481 g/mol. The summed E-state index contributed by atoms with van der Waals surface area (Å²) >= 11 is 1.21. The average Bonchev–Trinajstić information content (AvgIpc) is 3.52. The number of carbonyl (C=O) groups excluding carboxylic acids is 1. The Balaban J connectivity index is 1.66. The van der Waals surface area contributed by atoms with Crippen LogP contribution in [0.15, 0.2) is 47.6 Å². The van der Waals surface area contributed by atoms with Crippen molar-refractivity contribution in [3.8, 4) is 5.75 Å². The summed E-state index contributed by atoms with van der Waals surface area (Å²) in [5.41, 5.74) is 0.609. The van der Waals surface area contributed by atoms with Crippen LogP contribution in [-0.4, -0.2) is 56.0 Å². The number of ether oxygens (including phenoxy) is 1. The highest BCUT2D eigenvalue weighted by atomic mass is 32.2. The second-order valence-corrected chi connectivity index (χ2v) is 10.6. The molecule has 0 radical (unpaired) electrons. The van der Waals surface area contributed by atoms with E-state index in [2.05, 4.69) is 19.4 Å². The third-order valence-electron chi connectivity index (χ3n) is 6.04. The van der Waals surface area contributed by atoms with Crippen molar-refractivity contribution in [3.63, 3.8) is 0 Å². The van der Waals surface area contributed by atoms with Crippen molar-refractivity contribution < 1.29 is 22.3 Å². The number of carbonyl (C=O) groups is 1. The number of sulfonamides is 1. The van der Waals surface area contributed by atoms with Gasteiger partial charge in [-0.3, -0.25) is 0 Å². The highest BCUT2D eigenvalue weighted by Gasteiger charge is 2.45. The summed E-state index contributed by atoms with van der Waals surface area (Å²) in [6.07, 6.45) is 1.96. The molecule has 3 aromatic rings. The molecule has 180 valence electrons. The van der Waals surface area contributed by atoms with E-state index < -0.39 is 21.5 Å². The maximum Gasteiger partial charge on any atom is 0.321 e. The van der Waals surface area contributed by atoms with Gasteiger partial charge in [-0.1, -0.05) is 12.1 Å². The molecular formula is C22H24FN5O4S2. The van der Waals surface area contributed by atoms with Crippen LogP contribution in [0.2, 0.25) is 0 Å². The lowest BCUT2D eigenvalue weighted by Gasteiger charge is -2.28. The first-order valence-electron chi connectivity index (χ1n) is 10.4. The number of methoxy groups -OCH3 is 1. The van der Waals surface area contributed by atoms with Gasteiger partial charge < -0.3 is 15.0 Å². The normalized spacial score (nSPS) is 18.2. The van der Waals surface area contributed by atoms with E-state index >= 15 is 0 Å². The number of halogens is 1. The standard InChI is InChI=1S/C22H24FN5O4S2/c1-14-4-5-15(10-17(14)23)22(20-25-13-26-33-20)8-9-28(12-22)21(29)27-18-11-16(32-3)6-7-19(18)34(30,31)24-2/h4-7,10-11,13,24H,8-9,12H2,1-3H3,(H,27,29)/t22-/m1/s1. The molecule has 1 aliphatic heterocycles. The van der Waals surface area contributed by atoms with Gasteiger partial charge in [-0.25, -0.2) is 27.3 Å². The molecule has 0 saturated carbocycles. The Morgan fingerprint density at radius 1 is 1.26 bits per heavy atom. The first-order chi connectivity index (χ1) is 16.2. The summed E-state index contributed by atoms with van der Waals surface area (Å²) < 4.78 is 50.9. The molecule has 12 heteroatoms. The van der Waals surface area contributed by atoms with Gasteiger partial charge in [-0.05, 0) is 61.3 Å². The zero-order valence-electron chi connectivity index (χ0n) is 18.8. The summed E-state index contributed by atoms with van der Waals surface area (Å²) in [6, 6.07) is 8.87. The Hall–Kier alpha value is -3.09. The van der Waals surface area contributed by atoms with Gasteiger partial charge in [0.05, 0.1) is 18.2 Å². The summed E-state index contributed by atoms with van der Waals surface area (Å²) in [5.74, 6) is 0.0627. The molecule has 1 atom stereocenters. The number of aryl methyl sites for hydroxylation is 1. The smallest absolute Gasteiger partial charge is 0.321 e. The fraction of sp³-hybridized carbons (Fsp3) is 0.318. The fourth-order valence-electron chi connectivity index (χ4n) is 4.06. The number of hydrogen-bond donors (Lipinski definition) is 2. The minimum atomic E-state index is -3.83. The van der Waals surface area contributed by atoms with Crippen molar-refractivity contribution in [2.45, 2.75) is 23.7 Å². The zero-order chi connectivity index (χ0) is 24.5. The van der Waals surface area contributed by atoms with Crippen LogP contribution in [0.4, 0.5) is 14.9 Å². The summed E-state index contributed by atoms with van der Waals surface area (Å²) in [5, 5.41) is 3.39. The van der Waals surface area contributed by atoms with E-state index in [9.17, 15) is 17.6 Å². The lowest BCUT2D eigenvalue weighted by atomic mass is 9.80. The number of urea groups is 1. The number of anilines is 1. The maximum absolute atomic E-state index is 14.4. The Bertz CT molecular complexity index is 1320. The topological polar surface area (TPSA) is 114 Å². The van der Waals surface area contributed by atoms with E-state index in [4.69, 9.17) is 4.74 Å². The SMILES string of the molecule is CNS(=O)(=O)c1ccc(OC)cc1NC(=O)N1CC[C@@](c2ccc(C)c(F)c2)(c2ncns2)C1. The van der Waals surface area contributed by atoms with E-state index in [-0.39, 0.29) is 22.9 Å². The van der Waals surface area contributed by atoms with Crippen LogP contribution in [0.3, 0.4) is 0 Å². The molecule has 0 spiro atoms. The number of benzene rings is 2. The van der Waals surface area contributed by atoms with Crippen LogP contribution >= 0.6 is 11.5 Å². The van der Waals surface area contributed by atoms with Crippen LogP contribution in [0.25, 0.3) is 0 Å². The number of rotatable bonds is 6. The van der Waals surface area contributed by atoms with Crippen molar-refractivity contribution in [1.29, 1.82) is 0 Å². The third-order valence-corrected chi connectivity index (χ3v) is 8.38. The molecule has 2 aromatic carbocycles. The van der Waals surface area contributed by atoms with Crippen molar-refractivity contribution in [3.05, 3.63) is 64.7 Å². The summed E-state index contributed by atoms with van der Waals surface area (Å²) in [6.45, 7) is 2.28. The number of amides is 2. The lowest BCUT2D eigenvalue weighted by Crippen LogP contribution is -2.38. The Kier molecular flexibility index (Phi) is 6.56. The van der Waals surface area contributed by atoms with Crippen molar-refractivity contribution in [2.24, 2.45) is 0 Å².